The van der Waals surface area contributed by atoms with Crippen LogP contribution in [0.4, 0.5) is 4.39 Å². The molecule has 0 aliphatic carbocycles. The maximum Gasteiger partial charge on any atom is 0.131 e. The van der Waals surface area contributed by atoms with Gasteiger partial charge in [-0.3, -0.25) is 0 Å². The molecule has 0 nitrogen and oxygen atoms in total. The molecule has 88 valence electrons. The normalized spacial score (nSPS) is 10.5. The predicted octanol–water partition coefficient (Wildman–Crippen LogP) is 5.10. The van der Waals surface area contributed by atoms with E-state index in [0.29, 0.717) is 10.6 Å². The van der Waals surface area contributed by atoms with Crippen molar-refractivity contribution in [3.05, 3.63) is 58.9 Å². The molecular weight excluding hydrogens is 235 g/mol. The van der Waals surface area contributed by atoms with E-state index in [9.17, 15) is 4.39 Å². The average molecular weight is 249 g/mol. The van der Waals surface area contributed by atoms with Crippen LogP contribution in [-0.4, -0.2) is 0 Å². The standard InChI is InChI=1S/C15H14ClF/c1-2-3-11-4-9-15(17)14(10-11)12-5-7-13(16)8-6-12/h4-10H,2-3H2,1H3. The molecule has 2 aromatic carbocycles. The number of aryl methyl sites for hydroxylation is 1. The van der Waals surface area contributed by atoms with Crippen molar-refractivity contribution in [2.24, 2.45) is 0 Å². The minimum Gasteiger partial charge on any atom is -0.206 e. The molecule has 0 aliphatic heterocycles. The fourth-order valence-electron chi connectivity index (χ4n) is 1.87. The molecular formula is C15H14ClF. The van der Waals surface area contributed by atoms with Crippen LogP contribution in [0.25, 0.3) is 11.1 Å². The van der Waals surface area contributed by atoms with Crippen molar-refractivity contribution < 1.29 is 4.39 Å². The molecule has 17 heavy (non-hydrogen) atoms. The highest BCUT2D eigenvalue weighted by Gasteiger charge is 2.06. The minimum atomic E-state index is -0.188. The number of benzene rings is 2. The summed E-state index contributed by atoms with van der Waals surface area (Å²) in [6.45, 7) is 2.12. The summed E-state index contributed by atoms with van der Waals surface area (Å²) in [4.78, 5) is 0. The molecule has 0 atom stereocenters. The van der Waals surface area contributed by atoms with Crippen molar-refractivity contribution in [3.63, 3.8) is 0 Å². The summed E-state index contributed by atoms with van der Waals surface area (Å²) in [5.41, 5.74) is 2.68. The second-order valence-electron chi connectivity index (χ2n) is 4.07. The molecule has 0 radical (unpaired) electrons. The Labute approximate surface area is 106 Å². The van der Waals surface area contributed by atoms with E-state index in [2.05, 4.69) is 6.92 Å². The SMILES string of the molecule is CCCc1ccc(F)c(-c2ccc(Cl)cc2)c1. The molecule has 0 aromatic heterocycles. The lowest BCUT2D eigenvalue weighted by atomic mass is 10.0. The quantitative estimate of drug-likeness (QED) is 0.709. The van der Waals surface area contributed by atoms with Crippen LogP contribution >= 0.6 is 11.6 Å². The van der Waals surface area contributed by atoms with E-state index in [1.807, 2.05) is 24.3 Å². The third-order valence-electron chi connectivity index (χ3n) is 2.72. The predicted molar refractivity (Wildman–Crippen MR) is 70.8 cm³/mol. The van der Waals surface area contributed by atoms with Crippen LogP contribution in [0.15, 0.2) is 42.5 Å². The molecule has 0 N–H and O–H groups in total. The third-order valence-corrected chi connectivity index (χ3v) is 2.98. The zero-order chi connectivity index (χ0) is 12.3. The first kappa shape index (κ1) is 12.1. The maximum absolute atomic E-state index is 13.8. The smallest absolute Gasteiger partial charge is 0.131 e. The summed E-state index contributed by atoms with van der Waals surface area (Å²) >= 11 is 5.83. The first-order valence-corrected chi connectivity index (χ1v) is 6.13. The van der Waals surface area contributed by atoms with Crippen LogP contribution in [0, 0.1) is 5.82 Å². The lowest BCUT2D eigenvalue weighted by Gasteiger charge is -2.06. The summed E-state index contributed by atoms with van der Waals surface area (Å²) in [5.74, 6) is -0.188. The lowest BCUT2D eigenvalue weighted by Crippen LogP contribution is -1.89. The van der Waals surface area contributed by atoms with Gasteiger partial charge in [-0.2, -0.15) is 0 Å². The molecule has 0 heterocycles. The molecule has 2 heteroatoms. The van der Waals surface area contributed by atoms with Crippen molar-refractivity contribution in [2.75, 3.05) is 0 Å². The van der Waals surface area contributed by atoms with Crippen molar-refractivity contribution >= 4 is 11.6 Å². The van der Waals surface area contributed by atoms with E-state index in [-0.39, 0.29) is 5.82 Å². The Balaban J connectivity index is 2.42. The highest BCUT2D eigenvalue weighted by Crippen LogP contribution is 2.25. The topological polar surface area (TPSA) is 0 Å². The van der Waals surface area contributed by atoms with Crippen LogP contribution in [0.2, 0.25) is 5.02 Å². The number of halogens is 2. The highest BCUT2D eigenvalue weighted by molar-refractivity contribution is 6.30. The molecule has 0 aliphatic rings. The second kappa shape index (κ2) is 5.33. The van der Waals surface area contributed by atoms with Crippen LogP contribution in [0.3, 0.4) is 0 Å². The first-order valence-electron chi connectivity index (χ1n) is 5.75. The van der Waals surface area contributed by atoms with Crippen molar-refractivity contribution in [1.29, 1.82) is 0 Å². The number of rotatable bonds is 3. The van der Waals surface area contributed by atoms with Crippen molar-refractivity contribution in [2.45, 2.75) is 19.8 Å². The number of hydrogen-bond acceptors (Lipinski definition) is 0. The van der Waals surface area contributed by atoms with E-state index >= 15 is 0 Å². The Hall–Kier alpha value is -1.34. The molecule has 0 saturated carbocycles. The summed E-state index contributed by atoms with van der Waals surface area (Å²) < 4.78 is 13.8. The Morgan fingerprint density at radius 3 is 2.41 bits per heavy atom. The van der Waals surface area contributed by atoms with Crippen LogP contribution in [-0.2, 0) is 6.42 Å². The van der Waals surface area contributed by atoms with Gasteiger partial charge in [0.1, 0.15) is 5.82 Å². The molecule has 0 unspecified atom stereocenters. The van der Waals surface area contributed by atoms with Crippen molar-refractivity contribution in [3.8, 4) is 11.1 Å². The van der Waals surface area contributed by atoms with Gasteiger partial charge in [0.15, 0.2) is 0 Å². The van der Waals surface area contributed by atoms with Gasteiger partial charge < -0.3 is 0 Å². The summed E-state index contributed by atoms with van der Waals surface area (Å²) in [7, 11) is 0. The van der Waals surface area contributed by atoms with E-state index in [1.165, 1.54) is 11.6 Å². The summed E-state index contributed by atoms with van der Waals surface area (Å²) in [6, 6.07) is 12.5. The van der Waals surface area contributed by atoms with Crippen LogP contribution < -0.4 is 0 Å². The number of hydrogen-bond donors (Lipinski definition) is 0. The van der Waals surface area contributed by atoms with E-state index in [0.717, 1.165) is 18.4 Å². The molecule has 0 spiro atoms. The monoisotopic (exact) mass is 248 g/mol. The largest absolute Gasteiger partial charge is 0.206 e. The summed E-state index contributed by atoms with van der Waals surface area (Å²) in [5, 5.41) is 0.666. The summed E-state index contributed by atoms with van der Waals surface area (Å²) in [6.07, 6.45) is 2.03. The van der Waals surface area contributed by atoms with Gasteiger partial charge in [0.05, 0.1) is 0 Å². The lowest BCUT2D eigenvalue weighted by molar-refractivity contribution is 0.630. The molecule has 0 amide bonds. The zero-order valence-corrected chi connectivity index (χ0v) is 10.5. The van der Waals surface area contributed by atoms with E-state index in [4.69, 9.17) is 11.6 Å². The molecule has 2 aromatic rings. The van der Waals surface area contributed by atoms with Crippen molar-refractivity contribution in [1.82, 2.24) is 0 Å². The minimum absolute atomic E-state index is 0.188. The Morgan fingerprint density at radius 2 is 1.76 bits per heavy atom. The van der Waals surface area contributed by atoms with Crippen LogP contribution in [0.1, 0.15) is 18.9 Å². The Morgan fingerprint density at radius 1 is 1.06 bits per heavy atom. The second-order valence-corrected chi connectivity index (χ2v) is 4.51. The maximum atomic E-state index is 13.8. The van der Waals surface area contributed by atoms with Gasteiger partial charge in [-0.15, -0.1) is 0 Å². The molecule has 0 fully saturated rings. The molecule has 2 rings (SSSR count). The van der Waals surface area contributed by atoms with Gasteiger partial charge in [0, 0.05) is 10.6 Å². The van der Waals surface area contributed by atoms with Gasteiger partial charge >= 0.3 is 0 Å². The van der Waals surface area contributed by atoms with Gasteiger partial charge in [0.2, 0.25) is 0 Å². The van der Waals surface area contributed by atoms with E-state index < -0.39 is 0 Å². The van der Waals surface area contributed by atoms with Gasteiger partial charge in [-0.05, 0) is 41.8 Å². The average Bonchev–Trinajstić information content (AvgIpc) is 2.33. The highest BCUT2D eigenvalue weighted by atomic mass is 35.5. The zero-order valence-electron chi connectivity index (χ0n) is 9.71. The Kier molecular flexibility index (Phi) is 3.80. The molecule has 0 bridgehead atoms. The van der Waals surface area contributed by atoms with E-state index in [1.54, 1.807) is 12.1 Å². The first-order chi connectivity index (χ1) is 8.20. The van der Waals surface area contributed by atoms with Gasteiger partial charge in [-0.25, -0.2) is 4.39 Å². The van der Waals surface area contributed by atoms with Gasteiger partial charge in [0.25, 0.3) is 0 Å². The Bertz CT molecular complexity index is 503. The fraction of sp³-hybridized carbons (Fsp3) is 0.200. The third kappa shape index (κ3) is 2.86. The van der Waals surface area contributed by atoms with Gasteiger partial charge in [-0.1, -0.05) is 43.1 Å². The molecule has 0 saturated heterocycles. The fourth-order valence-corrected chi connectivity index (χ4v) is 1.99. The van der Waals surface area contributed by atoms with Crippen LogP contribution in [0.5, 0.6) is 0 Å².